The van der Waals surface area contributed by atoms with E-state index < -0.39 is 6.17 Å². The number of para-hydroxylation sites is 1. The zero-order valence-electron chi connectivity index (χ0n) is 16.2. The molecular weight excluding hydrogens is 404 g/mol. The van der Waals surface area contributed by atoms with E-state index in [0.29, 0.717) is 28.6 Å². The zero-order valence-corrected chi connectivity index (χ0v) is 17.8. The molecule has 0 bridgehead atoms. The van der Waals surface area contributed by atoms with E-state index in [0.717, 1.165) is 15.4 Å². The summed E-state index contributed by atoms with van der Waals surface area (Å²) in [4.78, 5) is 32.9. The van der Waals surface area contributed by atoms with Crippen LogP contribution in [0.1, 0.15) is 29.3 Å². The van der Waals surface area contributed by atoms with Crippen molar-refractivity contribution < 1.29 is 9.48 Å². The number of hydrogen-bond acceptors (Lipinski definition) is 5. The van der Waals surface area contributed by atoms with E-state index in [2.05, 4.69) is 11.6 Å². The molecule has 148 valence electrons. The lowest BCUT2D eigenvalue weighted by Crippen LogP contribution is -2.60. The largest absolute Gasteiger partial charge is 0.325 e. The van der Waals surface area contributed by atoms with Gasteiger partial charge in [0.25, 0.3) is 0 Å². The van der Waals surface area contributed by atoms with Gasteiger partial charge in [-0.25, -0.2) is 4.90 Å². The number of aromatic amines is 1. The molecule has 0 aliphatic carbocycles. The number of aryl methyl sites for hydroxylation is 1. The standard InChI is InChI=1S/C21H20N4O2S2/c1-4-12-28-21-22-19(27)18-14-8-6-7-9-15(14)24(17(26)5-2)20(25(18)23-21)16-11-10-13(3)29-16/h4,6-11,20H,1,5,12H2,2-3H3/p+1/t20-/m0/s1. The zero-order chi connectivity index (χ0) is 20.5. The second-order valence-corrected chi connectivity index (χ2v) is 8.94. The van der Waals surface area contributed by atoms with Crippen molar-refractivity contribution in [3.63, 3.8) is 0 Å². The smallest absolute Gasteiger partial charge is 0.291 e. The number of amides is 1. The third kappa shape index (κ3) is 3.42. The first-order chi connectivity index (χ1) is 14.0. The van der Waals surface area contributed by atoms with E-state index >= 15 is 0 Å². The molecular formula is C21H21N4O2S2+. The number of carbonyl (C=O) groups excluding carboxylic acids is 1. The maximum atomic E-state index is 13.1. The maximum Gasteiger partial charge on any atom is 0.325 e. The van der Waals surface area contributed by atoms with Crippen LogP contribution in [0.5, 0.6) is 0 Å². The van der Waals surface area contributed by atoms with Crippen molar-refractivity contribution in [3.05, 3.63) is 69.2 Å². The van der Waals surface area contributed by atoms with Gasteiger partial charge in [-0.1, -0.05) is 36.9 Å². The molecule has 1 aliphatic rings. The third-order valence-corrected chi connectivity index (χ3v) is 6.58. The van der Waals surface area contributed by atoms with Gasteiger partial charge in [-0.05, 0) is 35.9 Å². The van der Waals surface area contributed by atoms with E-state index in [4.69, 9.17) is 5.10 Å². The van der Waals surface area contributed by atoms with Gasteiger partial charge >= 0.3 is 17.4 Å². The Morgan fingerprint density at radius 2 is 2.17 bits per heavy atom. The minimum absolute atomic E-state index is 0.0194. The molecule has 1 aliphatic heterocycles. The molecule has 8 heteroatoms. The first-order valence-corrected chi connectivity index (χ1v) is 11.1. The van der Waals surface area contributed by atoms with Crippen LogP contribution in [0.4, 0.5) is 5.69 Å². The van der Waals surface area contributed by atoms with Gasteiger partial charge in [0.1, 0.15) is 0 Å². The van der Waals surface area contributed by atoms with Crippen molar-refractivity contribution in [2.24, 2.45) is 0 Å². The van der Waals surface area contributed by atoms with Crippen LogP contribution in [0, 0.1) is 6.92 Å². The molecule has 3 aromatic rings. The van der Waals surface area contributed by atoms with E-state index in [1.807, 2.05) is 50.2 Å². The fraction of sp³-hybridized carbons (Fsp3) is 0.238. The van der Waals surface area contributed by atoms with E-state index in [9.17, 15) is 9.59 Å². The molecule has 29 heavy (non-hydrogen) atoms. The molecule has 1 amide bonds. The predicted molar refractivity (Wildman–Crippen MR) is 116 cm³/mol. The average molecular weight is 426 g/mol. The number of thiophene rings is 1. The van der Waals surface area contributed by atoms with Crippen molar-refractivity contribution in [3.8, 4) is 11.3 Å². The van der Waals surface area contributed by atoms with Crippen LogP contribution in [-0.4, -0.2) is 21.7 Å². The molecule has 1 aromatic carbocycles. The van der Waals surface area contributed by atoms with Crippen LogP contribution >= 0.6 is 23.1 Å². The summed E-state index contributed by atoms with van der Waals surface area (Å²) in [5.41, 5.74) is 1.67. The van der Waals surface area contributed by atoms with Gasteiger partial charge in [0.2, 0.25) is 11.1 Å². The third-order valence-electron chi connectivity index (χ3n) is 4.68. The number of H-pyrrole nitrogens is 1. The number of carbonyl (C=O) groups is 1. The summed E-state index contributed by atoms with van der Waals surface area (Å²) < 4.78 is 1.70. The highest BCUT2D eigenvalue weighted by Crippen LogP contribution is 2.39. The van der Waals surface area contributed by atoms with Gasteiger partial charge in [0.15, 0.2) is 0 Å². The SMILES string of the molecule is C=CCSc1n[n+]2c(c(=O)[nH]1)-c1ccccc1N(C(=O)CC)[C@@H]2c1ccc(C)s1. The lowest BCUT2D eigenvalue weighted by Gasteiger charge is -2.31. The van der Waals surface area contributed by atoms with Crippen LogP contribution in [0.25, 0.3) is 11.3 Å². The minimum atomic E-state index is -0.503. The number of nitrogens with one attached hydrogen (secondary N) is 1. The fourth-order valence-corrected chi connectivity index (χ4v) is 5.01. The highest BCUT2D eigenvalue weighted by atomic mass is 32.2. The number of nitrogens with zero attached hydrogens (tertiary/aromatic N) is 3. The molecule has 2 aromatic heterocycles. The monoisotopic (exact) mass is 425 g/mol. The number of fused-ring (bicyclic) bond motifs is 3. The van der Waals surface area contributed by atoms with Crippen molar-refractivity contribution in [2.45, 2.75) is 31.6 Å². The molecule has 6 nitrogen and oxygen atoms in total. The topological polar surface area (TPSA) is 69.9 Å². The Kier molecular flexibility index (Phi) is 5.38. The number of aromatic nitrogens is 3. The summed E-state index contributed by atoms with van der Waals surface area (Å²) in [7, 11) is 0. The van der Waals surface area contributed by atoms with Crippen LogP contribution in [-0.2, 0) is 4.79 Å². The van der Waals surface area contributed by atoms with Crippen LogP contribution in [0.3, 0.4) is 0 Å². The maximum absolute atomic E-state index is 13.1. The quantitative estimate of drug-likeness (QED) is 0.385. The first-order valence-electron chi connectivity index (χ1n) is 9.32. The average Bonchev–Trinajstić information content (AvgIpc) is 3.16. The molecule has 0 spiro atoms. The normalized spacial score (nSPS) is 15.0. The summed E-state index contributed by atoms with van der Waals surface area (Å²) in [5, 5.41) is 5.23. The Balaban J connectivity index is 2.03. The van der Waals surface area contributed by atoms with Crippen molar-refractivity contribution in [2.75, 3.05) is 10.7 Å². The highest BCUT2D eigenvalue weighted by Gasteiger charge is 2.45. The van der Waals surface area contributed by atoms with Gasteiger partial charge in [-0.2, -0.15) is 0 Å². The summed E-state index contributed by atoms with van der Waals surface area (Å²) >= 11 is 3.00. The van der Waals surface area contributed by atoms with Gasteiger partial charge in [-0.15, -0.1) is 17.9 Å². The Morgan fingerprint density at radius 3 is 2.86 bits per heavy atom. The van der Waals surface area contributed by atoms with Gasteiger partial charge in [0, 0.05) is 22.1 Å². The van der Waals surface area contributed by atoms with Gasteiger partial charge < -0.3 is 0 Å². The van der Waals surface area contributed by atoms with Crippen molar-refractivity contribution in [1.29, 1.82) is 0 Å². The highest BCUT2D eigenvalue weighted by molar-refractivity contribution is 7.99. The molecule has 3 heterocycles. The van der Waals surface area contributed by atoms with Crippen molar-refractivity contribution >= 4 is 34.7 Å². The Hall–Kier alpha value is -2.71. The van der Waals surface area contributed by atoms with Gasteiger partial charge in [0.05, 0.1) is 16.1 Å². The predicted octanol–water partition coefficient (Wildman–Crippen LogP) is 3.68. The Bertz CT molecular complexity index is 1150. The number of thioether (sulfide) groups is 1. The Morgan fingerprint density at radius 1 is 1.38 bits per heavy atom. The lowest BCUT2D eigenvalue weighted by molar-refractivity contribution is -0.762. The first kappa shape index (κ1) is 19.6. The molecule has 0 unspecified atom stereocenters. The van der Waals surface area contributed by atoms with E-state index in [1.165, 1.54) is 11.8 Å². The second-order valence-electron chi connectivity index (χ2n) is 6.61. The summed E-state index contributed by atoms with van der Waals surface area (Å²) in [6.07, 6.45) is 1.61. The number of anilines is 1. The molecule has 0 saturated heterocycles. The molecule has 1 N–H and O–H groups in total. The van der Waals surface area contributed by atoms with Crippen LogP contribution in [0.2, 0.25) is 0 Å². The second kappa shape index (κ2) is 7.96. The van der Waals surface area contributed by atoms with Gasteiger partial charge in [-0.3, -0.25) is 14.6 Å². The van der Waals surface area contributed by atoms with Crippen molar-refractivity contribution in [1.82, 2.24) is 10.1 Å². The molecule has 0 fully saturated rings. The minimum Gasteiger partial charge on any atom is -0.291 e. The summed E-state index contributed by atoms with van der Waals surface area (Å²) in [5.74, 6) is 0.605. The van der Waals surface area contributed by atoms with Crippen LogP contribution < -0.4 is 15.1 Å². The summed E-state index contributed by atoms with van der Waals surface area (Å²) in [6, 6.07) is 11.5. The molecule has 0 radical (unpaired) electrons. The number of rotatable bonds is 5. The van der Waals surface area contributed by atoms with Crippen LogP contribution in [0.15, 0.2) is 59.0 Å². The van der Waals surface area contributed by atoms with E-state index in [-0.39, 0.29) is 11.5 Å². The Labute approximate surface area is 176 Å². The lowest BCUT2D eigenvalue weighted by atomic mass is 10.0. The number of benzene rings is 1. The number of hydrogen-bond donors (Lipinski definition) is 1. The molecule has 0 saturated carbocycles. The summed E-state index contributed by atoms with van der Waals surface area (Å²) in [6.45, 7) is 7.60. The fourth-order valence-electron chi connectivity index (χ4n) is 3.46. The van der Waals surface area contributed by atoms with E-state index in [1.54, 1.807) is 27.0 Å². The molecule has 1 atom stereocenters. The molecule has 4 rings (SSSR count).